The maximum absolute atomic E-state index is 11.1. The molecule has 0 saturated heterocycles. The van der Waals surface area contributed by atoms with E-state index in [1.54, 1.807) is 11.3 Å². The van der Waals surface area contributed by atoms with E-state index in [4.69, 9.17) is 12.2 Å². The van der Waals surface area contributed by atoms with Crippen molar-refractivity contribution < 1.29 is 4.79 Å². The summed E-state index contributed by atoms with van der Waals surface area (Å²) in [4.78, 5) is 18.5. The minimum absolute atomic E-state index is 0.113. The molecule has 3 nitrogen and oxygen atoms in total. The average Bonchev–Trinajstić information content (AvgIpc) is 2.40. The number of amidine groups is 1. The van der Waals surface area contributed by atoms with E-state index in [-0.39, 0.29) is 5.91 Å². The Morgan fingerprint density at radius 1 is 1.50 bits per heavy atom. The lowest BCUT2D eigenvalue weighted by atomic mass is 10.1. The normalized spacial score (nSPS) is 14.4. The van der Waals surface area contributed by atoms with Crippen LogP contribution in [0.25, 0.3) is 0 Å². The molecule has 1 aromatic rings. The first kappa shape index (κ1) is 11.4. The van der Waals surface area contributed by atoms with Crippen LogP contribution < -0.4 is 5.32 Å². The van der Waals surface area contributed by atoms with Crippen molar-refractivity contribution >= 4 is 40.3 Å². The number of carbonyl (C=O) groups excluding carboxylic acids is 1. The third kappa shape index (κ3) is 1.92. The lowest BCUT2D eigenvalue weighted by Gasteiger charge is -2.14. The Morgan fingerprint density at radius 3 is 2.81 bits per heavy atom. The third-order valence-corrected chi connectivity index (χ3v) is 3.98. The van der Waals surface area contributed by atoms with Crippen molar-refractivity contribution in [2.75, 3.05) is 0 Å². The minimum Gasteiger partial charge on any atom is -0.310 e. The van der Waals surface area contributed by atoms with Crippen molar-refractivity contribution in [3.05, 3.63) is 20.9 Å². The first-order valence-corrected chi connectivity index (χ1v) is 6.20. The standard InChI is InChI=1S/C11H12N2OS2/c1-5-6(2)16-8-4-9(15)13-11(10(5)8)12-7(3)14/h4H2,1-3H3,(H,12,13,14,15). The van der Waals surface area contributed by atoms with E-state index in [0.717, 1.165) is 5.56 Å². The van der Waals surface area contributed by atoms with Crippen molar-refractivity contribution in [3.63, 3.8) is 0 Å². The highest BCUT2D eigenvalue weighted by Crippen LogP contribution is 2.30. The molecular formula is C11H12N2OS2. The molecule has 5 heteroatoms. The Labute approximate surface area is 104 Å². The summed E-state index contributed by atoms with van der Waals surface area (Å²) in [5.74, 6) is 0.498. The Morgan fingerprint density at radius 2 is 2.19 bits per heavy atom. The Bertz CT molecular complexity index is 514. The summed E-state index contributed by atoms with van der Waals surface area (Å²) in [6, 6.07) is 0. The van der Waals surface area contributed by atoms with Gasteiger partial charge in [-0.15, -0.1) is 11.3 Å². The molecule has 0 radical (unpaired) electrons. The maximum atomic E-state index is 11.1. The summed E-state index contributed by atoms with van der Waals surface area (Å²) in [5, 5.41) is 2.75. The van der Waals surface area contributed by atoms with Crippen LogP contribution in [-0.2, 0) is 11.2 Å². The Balaban J connectivity index is 2.53. The first-order valence-electron chi connectivity index (χ1n) is 4.97. The van der Waals surface area contributed by atoms with Crippen LogP contribution in [0.15, 0.2) is 4.99 Å². The molecule has 0 aliphatic carbocycles. The van der Waals surface area contributed by atoms with Gasteiger partial charge < -0.3 is 5.32 Å². The number of rotatable bonds is 0. The van der Waals surface area contributed by atoms with Crippen LogP contribution in [0.2, 0.25) is 0 Å². The van der Waals surface area contributed by atoms with Crippen LogP contribution in [0.3, 0.4) is 0 Å². The zero-order valence-corrected chi connectivity index (χ0v) is 11.0. The number of nitrogens with zero attached hydrogens (tertiary/aromatic N) is 1. The van der Waals surface area contributed by atoms with Gasteiger partial charge in [-0.25, -0.2) is 4.99 Å². The van der Waals surface area contributed by atoms with Crippen LogP contribution in [0.4, 0.5) is 0 Å². The molecule has 0 unspecified atom stereocenters. The van der Waals surface area contributed by atoms with Gasteiger partial charge in [0.1, 0.15) is 10.8 Å². The molecule has 0 bridgehead atoms. The summed E-state index contributed by atoms with van der Waals surface area (Å²) in [7, 11) is 0. The first-order chi connectivity index (χ1) is 7.49. The zero-order valence-electron chi connectivity index (χ0n) is 9.38. The van der Waals surface area contributed by atoms with Gasteiger partial charge in [0.2, 0.25) is 5.91 Å². The molecule has 0 aromatic carbocycles. The number of hydrogen-bond donors (Lipinski definition) is 1. The molecule has 1 amide bonds. The summed E-state index contributed by atoms with van der Waals surface area (Å²) in [5.41, 5.74) is 2.25. The molecule has 1 aliphatic heterocycles. The molecule has 2 rings (SSSR count). The topological polar surface area (TPSA) is 41.5 Å². The highest BCUT2D eigenvalue weighted by Gasteiger charge is 2.23. The number of hydrogen-bond acceptors (Lipinski definition) is 3. The monoisotopic (exact) mass is 252 g/mol. The van der Waals surface area contributed by atoms with E-state index < -0.39 is 0 Å². The van der Waals surface area contributed by atoms with E-state index in [0.29, 0.717) is 17.2 Å². The Hall–Kier alpha value is -1.07. The number of thiocarbonyl (C=S) groups is 1. The SMILES string of the molecule is CC(=O)NC1=NC(=S)Cc2sc(C)c(C)c21. The van der Waals surface area contributed by atoms with Gasteiger partial charge in [-0.05, 0) is 19.4 Å². The summed E-state index contributed by atoms with van der Waals surface area (Å²) >= 11 is 6.86. The fraction of sp³-hybridized carbons (Fsp3) is 0.364. The van der Waals surface area contributed by atoms with Gasteiger partial charge in [-0.3, -0.25) is 4.79 Å². The lowest BCUT2D eigenvalue weighted by Crippen LogP contribution is -2.32. The molecule has 0 fully saturated rings. The van der Waals surface area contributed by atoms with E-state index in [9.17, 15) is 4.79 Å². The van der Waals surface area contributed by atoms with Crippen molar-refractivity contribution in [3.8, 4) is 0 Å². The van der Waals surface area contributed by atoms with Crippen molar-refractivity contribution in [2.24, 2.45) is 4.99 Å². The fourth-order valence-corrected chi connectivity index (χ4v) is 3.26. The van der Waals surface area contributed by atoms with E-state index in [1.807, 2.05) is 0 Å². The van der Waals surface area contributed by atoms with Gasteiger partial charge >= 0.3 is 0 Å². The molecule has 2 heterocycles. The summed E-state index contributed by atoms with van der Waals surface area (Å²) < 4.78 is 0. The average molecular weight is 252 g/mol. The van der Waals surface area contributed by atoms with Crippen molar-refractivity contribution in [1.82, 2.24) is 5.32 Å². The van der Waals surface area contributed by atoms with Crippen molar-refractivity contribution in [2.45, 2.75) is 27.2 Å². The molecule has 1 aromatic heterocycles. The zero-order chi connectivity index (χ0) is 11.9. The molecule has 84 valence electrons. The van der Waals surface area contributed by atoms with Crippen LogP contribution in [0, 0.1) is 13.8 Å². The molecule has 1 N–H and O–H groups in total. The van der Waals surface area contributed by atoms with Gasteiger partial charge in [0.05, 0.1) is 0 Å². The van der Waals surface area contributed by atoms with Crippen LogP contribution in [0.5, 0.6) is 0 Å². The van der Waals surface area contributed by atoms with Crippen molar-refractivity contribution in [1.29, 1.82) is 0 Å². The largest absolute Gasteiger partial charge is 0.310 e. The van der Waals surface area contributed by atoms with Gasteiger partial charge in [0.25, 0.3) is 0 Å². The quantitative estimate of drug-likeness (QED) is 0.719. The highest BCUT2D eigenvalue weighted by molar-refractivity contribution is 7.80. The predicted molar refractivity (Wildman–Crippen MR) is 70.4 cm³/mol. The molecule has 0 atom stereocenters. The van der Waals surface area contributed by atoms with E-state index >= 15 is 0 Å². The van der Waals surface area contributed by atoms with E-state index in [1.165, 1.54) is 22.2 Å². The summed E-state index contributed by atoms with van der Waals surface area (Å²) in [6.07, 6.45) is 0.715. The summed E-state index contributed by atoms with van der Waals surface area (Å²) in [6.45, 7) is 5.61. The van der Waals surface area contributed by atoms with Crippen LogP contribution >= 0.6 is 23.6 Å². The van der Waals surface area contributed by atoms with Crippen LogP contribution in [-0.4, -0.2) is 16.7 Å². The second-order valence-corrected chi connectivity index (χ2v) is 5.57. The van der Waals surface area contributed by atoms with Crippen LogP contribution in [0.1, 0.15) is 27.8 Å². The third-order valence-electron chi connectivity index (χ3n) is 2.54. The van der Waals surface area contributed by atoms with Gasteiger partial charge in [0, 0.05) is 28.7 Å². The number of fused-ring (bicyclic) bond motifs is 1. The number of amides is 1. The predicted octanol–water partition coefficient (Wildman–Crippen LogP) is 2.13. The van der Waals surface area contributed by atoms with Gasteiger partial charge in [0.15, 0.2) is 0 Å². The Kier molecular flexibility index (Phi) is 2.90. The number of aryl methyl sites for hydroxylation is 1. The molecule has 0 spiro atoms. The second-order valence-electron chi connectivity index (χ2n) is 3.79. The minimum atomic E-state index is -0.113. The maximum Gasteiger partial charge on any atom is 0.222 e. The second kappa shape index (κ2) is 4.07. The number of aliphatic imine (C=N–C) groups is 1. The molecule has 1 aliphatic rings. The molecule has 0 saturated carbocycles. The van der Waals surface area contributed by atoms with E-state index in [2.05, 4.69) is 24.2 Å². The fourth-order valence-electron chi connectivity index (χ4n) is 1.75. The van der Waals surface area contributed by atoms with Gasteiger partial charge in [-0.2, -0.15) is 0 Å². The van der Waals surface area contributed by atoms with Gasteiger partial charge in [-0.1, -0.05) is 12.2 Å². The molecule has 16 heavy (non-hydrogen) atoms. The molecular weight excluding hydrogens is 240 g/mol. The number of thiophene rings is 1. The lowest BCUT2D eigenvalue weighted by molar-refractivity contribution is -0.117. The number of carbonyl (C=O) groups is 1. The number of nitrogens with one attached hydrogen (secondary N) is 1. The smallest absolute Gasteiger partial charge is 0.222 e. The highest BCUT2D eigenvalue weighted by atomic mass is 32.1.